The summed E-state index contributed by atoms with van der Waals surface area (Å²) in [6.07, 6.45) is 3.16. The molecule has 0 radical (unpaired) electrons. The van der Waals surface area contributed by atoms with Gasteiger partial charge in [-0.05, 0) is 63.5 Å². The van der Waals surface area contributed by atoms with Crippen molar-refractivity contribution in [3.8, 4) is 0 Å². The number of amides is 1. The minimum atomic E-state index is -0.160. The Morgan fingerprint density at radius 3 is 2.59 bits per heavy atom. The van der Waals surface area contributed by atoms with Crippen LogP contribution < -0.4 is 15.5 Å². The standard InChI is InChI=1S/C20H30N6O/c1-4-14-26(5-2)17-8-6-16(7-9-17)19(27)23-20-22-18(24-25(20)3)15-10-12-21-13-11-15/h6-9,15,21H,4-5,10-14H2,1-3H3,(H,22,23,24,27). The highest BCUT2D eigenvalue weighted by Gasteiger charge is 2.21. The second kappa shape index (κ2) is 8.99. The molecule has 3 rings (SSSR count). The number of carbonyl (C=O) groups excluding carboxylic acids is 1. The van der Waals surface area contributed by atoms with Gasteiger partial charge < -0.3 is 10.2 Å². The van der Waals surface area contributed by atoms with Crippen LogP contribution in [0.5, 0.6) is 0 Å². The summed E-state index contributed by atoms with van der Waals surface area (Å²) in [6, 6.07) is 7.75. The molecule has 1 amide bonds. The molecule has 27 heavy (non-hydrogen) atoms. The van der Waals surface area contributed by atoms with Gasteiger partial charge in [0.05, 0.1) is 0 Å². The molecular weight excluding hydrogens is 340 g/mol. The van der Waals surface area contributed by atoms with E-state index >= 15 is 0 Å². The van der Waals surface area contributed by atoms with Crippen LogP contribution in [0.15, 0.2) is 24.3 Å². The van der Waals surface area contributed by atoms with Gasteiger partial charge in [0.25, 0.3) is 5.91 Å². The number of aryl methyl sites for hydroxylation is 1. The van der Waals surface area contributed by atoms with Gasteiger partial charge in [-0.3, -0.25) is 10.1 Å². The Hall–Kier alpha value is -2.41. The molecule has 0 spiro atoms. The first kappa shape index (κ1) is 19.4. The van der Waals surface area contributed by atoms with E-state index in [-0.39, 0.29) is 5.91 Å². The lowest BCUT2D eigenvalue weighted by molar-refractivity contribution is 0.102. The second-order valence-corrected chi connectivity index (χ2v) is 7.02. The zero-order chi connectivity index (χ0) is 19.2. The molecule has 2 heterocycles. The summed E-state index contributed by atoms with van der Waals surface area (Å²) in [5.41, 5.74) is 1.76. The van der Waals surface area contributed by atoms with Gasteiger partial charge in [-0.15, -0.1) is 0 Å². The summed E-state index contributed by atoms with van der Waals surface area (Å²) < 4.78 is 1.66. The number of rotatable bonds is 7. The Bertz CT molecular complexity index is 748. The fourth-order valence-electron chi connectivity index (χ4n) is 3.50. The van der Waals surface area contributed by atoms with Crippen molar-refractivity contribution in [2.75, 3.05) is 36.4 Å². The molecule has 2 aromatic rings. The molecule has 146 valence electrons. The van der Waals surface area contributed by atoms with E-state index in [0.29, 0.717) is 17.4 Å². The average molecular weight is 371 g/mol. The van der Waals surface area contributed by atoms with Gasteiger partial charge >= 0.3 is 0 Å². The van der Waals surface area contributed by atoms with E-state index in [1.165, 1.54) is 0 Å². The van der Waals surface area contributed by atoms with E-state index < -0.39 is 0 Å². The normalized spacial score (nSPS) is 14.9. The Labute approximate surface area is 161 Å². The summed E-state index contributed by atoms with van der Waals surface area (Å²) in [7, 11) is 1.82. The predicted octanol–water partition coefficient (Wildman–Crippen LogP) is 2.77. The number of nitrogens with zero attached hydrogens (tertiary/aromatic N) is 4. The molecule has 1 fully saturated rings. The van der Waals surface area contributed by atoms with Gasteiger partial charge in [-0.25, -0.2) is 4.68 Å². The third-order valence-electron chi connectivity index (χ3n) is 5.08. The molecular formula is C20H30N6O. The van der Waals surface area contributed by atoms with Crippen LogP contribution in [0.2, 0.25) is 0 Å². The Balaban J connectivity index is 1.67. The van der Waals surface area contributed by atoms with E-state index in [1.54, 1.807) is 4.68 Å². The topological polar surface area (TPSA) is 75.1 Å². The molecule has 2 N–H and O–H groups in total. The van der Waals surface area contributed by atoms with E-state index in [2.05, 4.69) is 39.5 Å². The first-order chi connectivity index (χ1) is 13.1. The summed E-state index contributed by atoms with van der Waals surface area (Å²) >= 11 is 0. The number of hydrogen-bond acceptors (Lipinski definition) is 5. The lowest BCUT2D eigenvalue weighted by Crippen LogP contribution is -2.27. The molecule has 1 aliphatic heterocycles. The van der Waals surface area contributed by atoms with Crippen LogP contribution in [-0.2, 0) is 7.05 Å². The minimum absolute atomic E-state index is 0.160. The molecule has 1 aliphatic rings. The lowest BCUT2D eigenvalue weighted by Gasteiger charge is -2.22. The Kier molecular flexibility index (Phi) is 6.45. The zero-order valence-corrected chi connectivity index (χ0v) is 16.5. The molecule has 7 nitrogen and oxygen atoms in total. The van der Waals surface area contributed by atoms with Gasteiger partial charge in [0, 0.05) is 37.3 Å². The van der Waals surface area contributed by atoms with E-state index in [9.17, 15) is 4.79 Å². The van der Waals surface area contributed by atoms with Gasteiger partial charge in [0.2, 0.25) is 5.95 Å². The molecule has 0 atom stereocenters. The van der Waals surface area contributed by atoms with Crippen LogP contribution in [0.1, 0.15) is 55.2 Å². The highest BCUT2D eigenvalue weighted by atomic mass is 16.1. The van der Waals surface area contributed by atoms with Crippen molar-refractivity contribution in [1.82, 2.24) is 20.1 Å². The maximum Gasteiger partial charge on any atom is 0.258 e. The van der Waals surface area contributed by atoms with Crippen LogP contribution in [0.3, 0.4) is 0 Å². The number of hydrogen-bond donors (Lipinski definition) is 2. The highest BCUT2D eigenvalue weighted by molar-refractivity contribution is 6.03. The summed E-state index contributed by atoms with van der Waals surface area (Å²) in [5, 5.41) is 10.7. The van der Waals surface area contributed by atoms with E-state index in [0.717, 1.165) is 57.0 Å². The third-order valence-corrected chi connectivity index (χ3v) is 5.08. The fourth-order valence-corrected chi connectivity index (χ4v) is 3.50. The van der Waals surface area contributed by atoms with Crippen LogP contribution in [0, 0.1) is 0 Å². The van der Waals surface area contributed by atoms with Crippen molar-refractivity contribution in [1.29, 1.82) is 0 Å². The van der Waals surface area contributed by atoms with Gasteiger partial charge in [0.15, 0.2) is 5.82 Å². The van der Waals surface area contributed by atoms with E-state index in [1.807, 2.05) is 31.3 Å². The van der Waals surface area contributed by atoms with Crippen LogP contribution >= 0.6 is 0 Å². The van der Waals surface area contributed by atoms with E-state index in [4.69, 9.17) is 0 Å². The summed E-state index contributed by atoms with van der Waals surface area (Å²) in [5.74, 6) is 1.52. The van der Waals surface area contributed by atoms with Crippen molar-refractivity contribution in [2.24, 2.45) is 7.05 Å². The summed E-state index contributed by atoms with van der Waals surface area (Å²) in [6.45, 7) is 8.26. The molecule has 0 bridgehead atoms. The predicted molar refractivity (Wildman–Crippen MR) is 108 cm³/mol. The number of aromatic nitrogens is 3. The van der Waals surface area contributed by atoms with Crippen molar-refractivity contribution < 1.29 is 4.79 Å². The molecule has 1 saturated heterocycles. The second-order valence-electron chi connectivity index (χ2n) is 7.02. The maximum atomic E-state index is 12.6. The van der Waals surface area contributed by atoms with Crippen LogP contribution in [0.25, 0.3) is 0 Å². The lowest BCUT2D eigenvalue weighted by atomic mass is 9.98. The number of nitrogens with one attached hydrogen (secondary N) is 2. The maximum absolute atomic E-state index is 12.6. The minimum Gasteiger partial charge on any atom is -0.372 e. The van der Waals surface area contributed by atoms with Crippen molar-refractivity contribution in [2.45, 2.75) is 39.0 Å². The number of anilines is 2. The molecule has 7 heteroatoms. The Morgan fingerprint density at radius 1 is 1.26 bits per heavy atom. The van der Waals surface area contributed by atoms with Crippen LogP contribution in [-0.4, -0.2) is 46.9 Å². The quantitative estimate of drug-likeness (QED) is 0.784. The van der Waals surface area contributed by atoms with Crippen LogP contribution in [0.4, 0.5) is 11.6 Å². The summed E-state index contributed by atoms with van der Waals surface area (Å²) in [4.78, 5) is 19.5. The molecule has 0 unspecified atom stereocenters. The number of piperidine rings is 1. The first-order valence-corrected chi connectivity index (χ1v) is 9.90. The third kappa shape index (κ3) is 4.66. The molecule has 0 aliphatic carbocycles. The van der Waals surface area contributed by atoms with Crippen molar-refractivity contribution >= 4 is 17.5 Å². The average Bonchev–Trinajstić information content (AvgIpc) is 3.07. The first-order valence-electron chi connectivity index (χ1n) is 9.90. The zero-order valence-electron chi connectivity index (χ0n) is 16.5. The monoisotopic (exact) mass is 370 g/mol. The van der Waals surface area contributed by atoms with Gasteiger partial charge in [-0.1, -0.05) is 6.92 Å². The Morgan fingerprint density at radius 2 is 1.96 bits per heavy atom. The largest absolute Gasteiger partial charge is 0.372 e. The van der Waals surface area contributed by atoms with Gasteiger partial charge in [-0.2, -0.15) is 10.1 Å². The van der Waals surface area contributed by atoms with Crippen molar-refractivity contribution in [3.05, 3.63) is 35.7 Å². The molecule has 1 aromatic carbocycles. The fraction of sp³-hybridized carbons (Fsp3) is 0.550. The number of carbonyl (C=O) groups is 1. The molecule has 1 aromatic heterocycles. The SMILES string of the molecule is CCCN(CC)c1ccc(C(=O)Nc2nc(C3CCNCC3)nn2C)cc1. The highest BCUT2D eigenvalue weighted by Crippen LogP contribution is 2.23. The number of benzene rings is 1. The molecule has 0 saturated carbocycles. The van der Waals surface area contributed by atoms with Gasteiger partial charge in [0.1, 0.15) is 0 Å². The van der Waals surface area contributed by atoms with Crippen molar-refractivity contribution in [3.63, 3.8) is 0 Å². The smallest absolute Gasteiger partial charge is 0.258 e.